The molecule has 5 heterocycles. The summed E-state index contributed by atoms with van der Waals surface area (Å²) in [6.07, 6.45) is 6.62. The highest BCUT2D eigenvalue weighted by molar-refractivity contribution is 9.11. The molecular weight excluding hydrogens is 684 g/mol. The van der Waals surface area contributed by atoms with E-state index >= 15 is 0 Å². The first-order chi connectivity index (χ1) is 23.3. The van der Waals surface area contributed by atoms with Crippen molar-refractivity contribution in [2.45, 2.75) is 56.0 Å². The zero-order valence-corrected chi connectivity index (χ0v) is 28.7. The van der Waals surface area contributed by atoms with Gasteiger partial charge in [0.25, 0.3) is 0 Å². The van der Waals surface area contributed by atoms with Crippen molar-refractivity contribution < 1.29 is 38.5 Å². The van der Waals surface area contributed by atoms with E-state index in [1.54, 1.807) is 9.80 Å². The van der Waals surface area contributed by atoms with Gasteiger partial charge in [0.05, 0.1) is 25.7 Å². The highest BCUT2D eigenvalue weighted by Crippen LogP contribution is 2.59. The van der Waals surface area contributed by atoms with Crippen molar-refractivity contribution in [2.24, 2.45) is 11.8 Å². The molecule has 0 saturated carbocycles. The number of unbranched alkanes of at least 4 members (excludes halogenated alkanes) is 2. The SMILES string of the molecule is O=C1CC/C=C\CN(CCN2CCOCC2)C(=O)[C@H]2N(CCCCCO)C(=O)[C@@H]3[C@@H](C(=O)O[C@@H](c4ccccc4)CN1)[C@@H]1O[C@@]32C=C1Br. The lowest BCUT2D eigenvalue weighted by Gasteiger charge is -2.37. The van der Waals surface area contributed by atoms with Crippen LogP contribution in [0.2, 0.25) is 0 Å². The summed E-state index contributed by atoms with van der Waals surface area (Å²) < 4.78 is 18.9. The number of fused-ring (bicyclic) bond motifs is 2. The number of rotatable bonds is 9. The number of halogens is 1. The van der Waals surface area contributed by atoms with E-state index in [4.69, 9.17) is 14.2 Å². The van der Waals surface area contributed by atoms with Crippen molar-refractivity contribution >= 4 is 39.6 Å². The molecule has 2 N–H and O–H groups in total. The van der Waals surface area contributed by atoms with Crippen LogP contribution in [-0.4, -0.2) is 127 Å². The first-order valence-electron chi connectivity index (χ1n) is 17.1. The maximum absolute atomic E-state index is 14.8. The quantitative estimate of drug-likeness (QED) is 0.222. The molecular formula is C35H45BrN4O8. The van der Waals surface area contributed by atoms with E-state index in [0.717, 1.165) is 13.1 Å². The zero-order chi connectivity index (χ0) is 33.7. The Balaban J connectivity index is 1.36. The third kappa shape index (κ3) is 7.11. The monoisotopic (exact) mass is 728 g/mol. The minimum absolute atomic E-state index is 0.0436. The number of aliphatic hydroxyl groups is 1. The molecule has 5 aliphatic rings. The highest BCUT2D eigenvalue weighted by Gasteiger charge is 2.74. The van der Waals surface area contributed by atoms with Gasteiger partial charge in [0.1, 0.15) is 29.8 Å². The van der Waals surface area contributed by atoms with Gasteiger partial charge in [-0.2, -0.15) is 0 Å². The molecule has 13 heteroatoms. The van der Waals surface area contributed by atoms with Crippen molar-refractivity contribution in [3.63, 3.8) is 0 Å². The lowest BCUT2D eigenvalue weighted by molar-refractivity contribution is -0.159. The standard InChI is InChI=1S/C35H45BrN4O8/c36-25-22-35-29-28(30(25)48-35)34(45)47-26(24-10-4-1-5-11-24)23-37-27(42)12-6-2-7-13-39(16-15-38-17-20-46-21-18-38)33(44)31(35)40(32(29)43)14-8-3-9-19-41/h1-2,4-5,7,10-11,22,26,28-31,41H,3,6,8-9,12-21,23H2,(H,37,42)/b7-2-/t26-,28-,29+,30-,31-,35+/m1/s1. The molecule has 1 spiro atoms. The number of amides is 3. The van der Waals surface area contributed by atoms with E-state index in [2.05, 4.69) is 26.1 Å². The fourth-order valence-corrected chi connectivity index (χ4v) is 8.31. The van der Waals surface area contributed by atoms with Gasteiger partial charge < -0.3 is 34.4 Å². The second-order valence-corrected chi connectivity index (χ2v) is 13.9. The Labute approximate surface area is 289 Å². The Kier molecular flexibility index (Phi) is 11.3. The van der Waals surface area contributed by atoms with E-state index in [9.17, 15) is 24.3 Å². The summed E-state index contributed by atoms with van der Waals surface area (Å²) in [5.74, 6) is -3.30. The Morgan fingerprint density at radius 1 is 0.958 bits per heavy atom. The smallest absolute Gasteiger partial charge is 0.313 e. The van der Waals surface area contributed by atoms with Gasteiger partial charge in [0, 0.05) is 56.8 Å². The summed E-state index contributed by atoms with van der Waals surface area (Å²) in [6, 6.07) is 8.21. The third-order valence-electron chi connectivity index (χ3n) is 10.0. The van der Waals surface area contributed by atoms with Crippen LogP contribution >= 0.6 is 15.9 Å². The Hall–Kier alpha value is -3.10. The van der Waals surface area contributed by atoms with Gasteiger partial charge in [0.2, 0.25) is 17.7 Å². The first-order valence-corrected chi connectivity index (χ1v) is 17.9. The predicted molar refractivity (Wildman–Crippen MR) is 179 cm³/mol. The van der Waals surface area contributed by atoms with Crippen molar-refractivity contribution in [1.82, 2.24) is 20.0 Å². The predicted octanol–water partition coefficient (Wildman–Crippen LogP) is 1.93. The number of benzene rings is 1. The number of esters is 1. The number of morpholine rings is 1. The van der Waals surface area contributed by atoms with Gasteiger partial charge in [-0.05, 0) is 37.3 Å². The lowest BCUT2D eigenvalue weighted by atomic mass is 9.74. The van der Waals surface area contributed by atoms with E-state index in [0.29, 0.717) is 75.1 Å². The number of cyclic esters (lactones) is 1. The third-order valence-corrected chi connectivity index (χ3v) is 10.7. The molecule has 3 saturated heterocycles. The van der Waals surface area contributed by atoms with Crippen LogP contribution in [0.15, 0.2) is 53.0 Å². The summed E-state index contributed by atoms with van der Waals surface area (Å²) >= 11 is 3.62. The second-order valence-electron chi connectivity index (χ2n) is 13.0. The van der Waals surface area contributed by atoms with Crippen LogP contribution in [0.5, 0.6) is 0 Å². The number of carbonyl (C=O) groups is 4. The molecule has 1 aromatic rings. The molecule has 12 nitrogen and oxygen atoms in total. The van der Waals surface area contributed by atoms with Crippen LogP contribution in [0.25, 0.3) is 0 Å². The molecule has 48 heavy (non-hydrogen) atoms. The Morgan fingerprint density at radius 3 is 2.52 bits per heavy atom. The summed E-state index contributed by atoms with van der Waals surface area (Å²) in [5, 5.41) is 12.3. The van der Waals surface area contributed by atoms with Crippen molar-refractivity contribution in [3.05, 3.63) is 58.6 Å². The van der Waals surface area contributed by atoms with Crippen molar-refractivity contribution in [1.29, 1.82) is 0 Å². The van der Waals surface area contributed by atoms with Crippen LogP contribution in [0.1, 0.15) is 43.8 Å². The van der Waals surface area contributed by atoms with E-state index in [1.807, 2.05) is 48.6 Å². The normalized spacial score (nSPS) is 32.2. The van der Waals surface area contributed by atoms with Gasteiger partial charge in [-0.15, -0.1) is 0 Å². The van der Waals surface area contributed by atoms with Gasteiger partial charge in [0.15, 0.2) is 0 Å². The first kappa shape index (κ1) is 34.8. The van der Waals surface area contributed by atoms with Crippen LogP contribution < -0.4 is 5.32 Å². The molecule has 260 valence electrons. The molecule has 6 atom stereocenters. The zero-order valence-electron chi connectivity index (χ0n) is 27.1. The number of hydrogen-bond acceptors (Lipinski definition) is 9. The van der Waals surface area contributed by atoms with E-state index in [1.165, 1.54) is 0 Å². The molecule has 0 aromatic heterocycles. The highest BCUT2D eigenvalue weighted by atomic mass is 79.9. The van der Waals surface area contributed by atoms with E-state index < -0.39 is 41.7 Å². The number of nitrogens with one attached hydrogen (secondary N) is 1. The van der Waals surface area contributed by atoms with Gasteiger partial charge in [-0.25, -0.2) is 0 Å². The minimum Gasteiger partial charge on any atom is -0.455 e. The molecule has 3 fully saturated rings. The van der Waals surface area contributed by atoms with E-state index in [-0.39, 0.29) is 37.3 Å². The largest absolute Gasteiger partial charge is 0.455 e. The van der Waals surface area contributed by atoms with Crippen LogP contribution in [0.4, 0.5) is 0 Å². The van der Waals surface area contributed by atoms with Gasteiger partial charge in [-0.1, -0.05) is 58.4 Å². The fourth-order valence-electron chi connectivity index (χ4n) is 7.57. The number of hydrogen-bond donors (Lipinski definition) is 2. The maximum Gasteiger partial charge on any atom is 0.313 e. The molecule has 3 amide bonds. The fraction of sp³-hybridized carbons (Fsp3) is 0.600. The maximum atomic E-state index is 14.8. The Bertz CT molecular complexity index is 1400. The van der Waals surface area contributed by atoms with Crippen molar-refractivity contribution in [3.8, 4) is 0 Å². The molecule has 1 aromatic carbocycles. The average Bonchev–Trinajstić information content (AvgIpc) is 3.69. The lowest BCUT2D eigenvalue weighted by Crippen LogP contribution is -2.57. The Morgan fingerprint density at radius 2 is 1.75 bits per heavy atom. The second kappa shape index (κ2) is 15.6. The number of allylic oxidation sites excluding steroid dienone is 1. The summed E-state index contributed by atoms with van der Waals surface area (Å²) in [5.41, 5.74) is -0.645. The summed E-state index contributed by atoms with van der Waals surface area (Å²) in [4.78, 5) is 61.9. The van der Waals surface area contributed by atoms with Gasteiger partial charge >= 0.3 is 5.97 Å². The number of aliphatic hydroxyl groups excluding tert-OH is 1. The van der Waals surface area contributed by atoms with Gasteiger partial charge in [-0.3, -0.25) is 24.1 Å². The summed E-state index contributed by atoms with van der Waals surface area (Å²) in [7, 11) is 0. The minimum atomic E-state index is -1.36. The van der Waals surface area contributed by atoms with Crippen LogP contribution in [0.3, 0.4) is 0 Å². The average molecular weight is 730 g/mol. The molecule has 6 rings (SSSR count). The number of ether oxygens (including phenoxy) is 3. The molecule has 0 aliphatic carbocycles. The molecule has 5 aliphatic heterocycles. The topological polar surface area (TPSA) is 138 Å². The summed E-state index contributed by atoms with van der Waals surface area (Å²) in [6.45, 7) is 4.58. The van der Waals surface area contributed by atoms with Crippen LogP contribution in [0, 0.1) is 11.8 Å². The molecule has 0 unspecified atom stereocenters. The number of carbonyl (C=O) groups excluding carboxylic acids is 4. The molecule has 5 bridgehead atoms. The number of likely N-dealkylation sites (tertiary alicyclic amines) is 1. The molecule has 0 radical (unpaired) electrons. The van der Waals surface area contributed by atoms with Crippen LogP contribution in [-0.2, 0) is 33.4 Å². The van der Waals surface area contributed by atoms with Crippen molar-refractivity contribution in [2.75, 3.05) is 65.6 Å². The number of nitrogens with zero attached hydrogens (tertiary/aromatic N) is 3.